The van der Waals surface area contributed by atoms with Crippen LogP contribution in [-0.2, 0) is 0 Å². The molecule has 1 atom stereocenters. The van der Waals surface area contributed by atoms with Gasteiger partial charge in [-0.15, -0.1) is 0 Å². The fourth-order valence-electron chi connectivity index (χ4n) is 3.27. The van der Waals surface area contributed by atoms with Crippen LogP contribution in [0.1, 0.15) is 36.5 Å². The lowest BCUT2D eigenvalue weighted by Gasteiger charge is -2.37. The molecule has 0 radical (unpaired) electrons. The summed E-state index contributed by atoms with van der Waals surface area (Å²) in [7, 11) is 0. The minimum absolute atomic E-state index is 0.142. The molecular formula is C16H24N4O. The molecule has 21 heavy (non-hydrogen) atoms. The number of piperazine rings is 1. The molecular weight excluding hydrogens is 264 g/mol. The number of anilines is 1. The highest BCUT2D eigenvalue weighted by Gasteiger charge is 2.32. The molecule has 1 amide bonds. The maximum Gasteiger partial charge on any atom is 0.254 e. The number of carbonyl (C=O) groups excluding carboxylic acids is 1. The summed E-state index contributed by atoms with van der Waals surface area (Å²) in [6.07, 6.45) is 5.26. The lowest BCUT2D eigenvalue weighted by molar-refractivity contribution is 0.0571. The lowest BCUT2D eigenvalue weighted by Crippen LogP contribution is -2.52. The average Bonchev–Trinajstić information content (AvgIpc) is 3.00. The number of hydrogen-bond donors (Lipinski definition) is 1. The zero-order chi connectivity index (χ0) is 14.7. The van der Waals surface area contributed by atoms with Gasteiger partial charge in [-0.1, -0.05) is 6.92 Å². The molecule has 1 aromatic heterocycles. The lowest BCUT2D eigenvalue weighted by atomic mass is 10.1. The number of nitrogens with zero attached hydrogens (tertiary/aromatic N) is 3. The Labute approximate surface area is 126 Å². The summed E-state index contributed by atoms with van der Waals surface area (Å²) in [5.74, 6) is 0.936. The number of fused-ring (bicyclic) bond motifs is 1. The Hall–Kier alpha value is -1.62. The minimum atomic E-state index is 0.142. The molecule has 1 aromatic rings. The predicted octanol–water partition coefficient (Wildman–Crippen LogP) is 1.82. The summed E-state index contributed by atoms with van der Waals surface area (Å²) in [6.45, 7) is 6.93. The molecule has 0 aliphatic carbocycles. The van der Waals surface area contributed by atoms with Gasteiger partial charge in [-0.2, -0.15) is 0 Å². The predicted molar refractivity (Wildman–Crippen MR) is 83.5 cm³/mol. The summed E-state index contributed by atoms with van der Waals surface area (Å²) in [5.41, 5.74) is 0.745. The van der Waals surface area contributed by atoms with Crippen LogP contribution in [0, 0.1) is 0 Å². The topological polar surface area (TPSA) is 48.5 Å². The van der Waals surface area contributed by atoms with E-state index in [1.165, 1.54) is 19.4 Å². The molecule has 2 aliphatic heterocycles. The van der Waals surface area contributed by atoms with Gasteiger partial charge in [0.15, 0.2) is 0 Å². The Morgan fingerprint density at radius 2 is 2.33 bits per heavy atom. The van der Waals surface area contributed by atoms with E-state index in [2.05, 4.69) is 22.1 Å². The van der Waals surface area contributed by atoms with Crippen molar-refractivity contribution < 1.29 is 4.79 Å². The summed E-state index contributed by atoms with van der Waals surface area (Å²) in [6, 6.07) is 4.27. The van der Waals surface area contributed by atoms with Gasteiger partial charge in [0, 0.05) is 44.0 Å². The van der Waals surface area contributed by atoms with E-state index in [-0.39, 0.29) is 5.91 Å². The monoisotopic (exact) mass is 288 g/mol. The second-order valence-corrected chi connectivity index (χ2v) is 5.94. The van der Waals surface area contributed by atoms with Crippen LogP contribution in [0.15, 0.2) is 18.3 Å². The average molecular weight is 288 g/mol. The van der Waals surface area contributed by atoms with Crippen LogP contribution in [0.4, 0.5) is 5.82 Å². The normalized spacial score (nSPS) is 22.1. The fourth-order valence-corrected chi connectivity index (χ4v) is 3.27. The molecule has 3 rings (SSSR count). The highest BCUT2D eigenvalue weighted by atomic mass is 16.2. The number of amides is 1. The van der Waals surface area contributed by atoms with Gasteiger partial charge in [0.25, 0.3) is 5.91 Å². The summed E-state index contributed by atoms with van der Waals surface area (Å²) in [4.78, 5) is 21.5. The van der Waals surface area contributed by atoms with Crippen molar-refractivity contribution >= 4 is 11.7 Å². The summed E-state index contributed by atoms with van der Waals surface area (Å²) in [5, 5.41) is 3.24. The molecule has 114 valence electrons. The largest absolute Gasteiger partial charge is 0.370 e. The number of rotatable bonds is 4. The van der Waals surface area contributed by atoms with Crippen molar-refractivity contribution in [2.24, 2.45) is 0 Å². The van der Waals surface area contributed by atoms with Crippen LogP contribution >= 0.6 is 0 Å². The first-order valence-electron chi connectivity index (χ1n) is 8.01. The molecule has 5 nitrogen and oxygen atoms in total. The van der Waals surface area contributed by atoms with Crippen LogP contribution in [0.25, 0.3) is 0 Å². The van der Waals surface area contributed by atoms with E-state index in [0.29, 0.717) is 6.04 Å². The maximum atomic E-state index is 12.7. The Bertz CT molecular complexity index is 505. The number of carbonyl (C=O) groups is 1. The molecule has 1 unspecified atom stereocenters. The second kappa shape index (κ2) is 6.43. The van der Waals surface area contributed by atoms with E-state index >= 15 is 0 Å². The maximum absolute atomic E-state index is 12.7. The molecule has 2 fully saturated rings. The molecule has 5 heteroatoms. The first-order valence-corrected chi connectivity index (χ1v) is 8.01. The molecule has 0 bridgehead atoms. The third-order valence-corrected chi connectivity index (χ3v) is 4.44. The van der Waals surface area contributed by atoms with E-state index in [0.717, 1.165) is 44.0 Å². The molecule has 3 heterocycles. The van der Waals surface area contributed by atoms with Crippen LogP contribution in [0.5, 0.6) is 0 Å². The Balaban J connectivity index is 1.67. The fraction of sp³-hybridized carbons (Fsp3) is 0.625. The van der Waals surface area contributed by atoms with Crippen molar-refractivity contribution in [2.45, 2.75) is 32.2 Å². The van der Waals surface area contributed by atoms with E-state index in [1.54, 1.807) is 6.20 Å². The third-order valence-electron chi connectivity index (χ3n) is 4.44. The van der Waals surface area contributed by atoms with Gasteiger partial charge in [0.05, 0.1) is 0 Å². The van der Waals surface area contributed by atoms with Crippen molar-refractivity contribution in [2.75, 3.05) is 38.0 Å². The van der Waals surface area contributed by atoms with Gasteiger partial charge in [-0.3, -0.25) is 9.69 Å². The highest BCUT2D eigenvalue weighted by Crippen LogP contribution is 2.22. The Morgan fingerprint density at radius 3 is 3.19 bits per heavy atom. The summed E-state index contributed by atoms with van der Waals surface area (Å²) < 4.78 is 0. The van der Waals surface area contributed by atoms with E-state index in [9.17, 15) is 4.79 Å². The zero-order valence-electron chi connectivity index (χ0n) is 12.7. The second-order valence-electron chi connectivity index (χ2n) is 5.94. The van der Waals surface area contributed by atoms with Crippen molar-refractivity contribution in [3.63, 3.8) is 0 Å². The van der Waals surface area contributed by atoms with Crippen molar-refractivity contribution in [1.29, 1.82) is 0 Å². The molecule has 1 N–H and O–H groups in total. The van der Waals surface area contributed by atoms with Crippen LogP contribution in [0.2, 0.25) is 0 Å². The molecule has 0 saturated carbocycles. The SMILES string of the molecule is CCCNc1cc(C(=O)N2CCN3CCCC3C2)ccn1. The van der Waals surface area contributed by atoms with Gasteiger partial charge >= 0.3 is 0 Å². The van der Waals surface area contributed by atoms with Crippen LogP contribution in [-0.4, -0.2) is 59.5 Å². The van der Waals surface area contributed by atoms with Crippen molar-refractivity contribution in [3.05, 3.63) is 23.9 Å². The molecule has 0 spiro atoms. The first-order chi connectivity index (χ1) is 10.3. The standard InChI is InChI=1S/C16H24N4O/c1-2-6-17-15-11-13(5-7-18-15)16(21)20-10-9-19-8-3-4-14(19)12-20/h5,7,11,14H,2-4,6,8-10,12H2,1H3,(H,17,18). The zero-order valence-corrected chi connectivity index (χ0v) is 12.7. The summed E-state index contributed by atoms with van der Waals surface area (Å²) >= 11 is 0. The van der Waals surface area contributed by atoms with Crippen molar-refractivity contribution in [1.82, 2.24) is 14.8 Å². The van der Waals surface area contributed by atoms with Gasteiger partial charge in [-0.05, 0) is 37.9 Å². The van der Waals surface area contributed by atoms with Gasteiger partial charge in [0.2, 0.25) is 0 Å². The van der Waals surface area contributed by atoms with E-state index in [4.69, 9.17) is 0 Å². The molecule has 0 aromatic carbocycles. The Morgan fingerprint density at radius 1 is 1.43 bits per heavy atom. The number of pyridine rings is 1. The van der Waals surface area contributed by atoms with Crippen LogP contribution < -0.4 is 5.32 Å². The minimum Gasteiger partial charge on any atom is -0.370 e. The first kappa shape index (κ1) is 14.3. The third kappa shape index (κ3) is 3.18. The smallest absolute Gasteiger partial charge is 0.254 e. The number of aromatic nitrogens is 1. The van der Waals surface area contributed by atoms with Gasteiger partial charge in [-0.25, -0.2) is 4.98 Å². The molecule has 2 aliphatic rings. The van der Waals surface area contributed by atoms with Gasteiger partial charge < -0.3 is 10.2 Å². The Kier molecular flexibility index (Phi) is 4.39. The number of nitrogens with one attached hydrogen (secondary N) is 1. The highest BCUT2D eigenvalue weighted by molar-refractivity contribution is 5.95. The van der Waals surface area contributed by atoms with Crippen LogP contribution in [0.3, 0.4) is 0 Å². The molecule has 2 saturated heterocycles. The van der Waals surface area contributed by atoms with Crippen molar-refractivity contribution in [3.8, 4) is 0 Å². The quantitative estimate of drug-likeness (QED) is 0.918. The van der Waals surface area contributed by atoms with Gasteiger partial charge in [0.1, 0.15) is 5.82 Å². The van der Waals surface area contributed by atoms with E-state index in [1.807, 2.05) is 17.0 Å². The van der Waals surface area contributed by atoms with E-state index < -0.39 is 0 Å². The number of hydrogen-bond acceptors (Lipinski definition) is 4.